The molecule has 6 heteroatoms. The van der Waals surface area contributed by atoms with Crippen molar-refractivity contribution in [1.29, 1.82) is 0 Å². The summed E-state index contributed by atoms with van der Waals surface area (Å²) in [5.41, 5.74) is 2.92. The lowest BCUT2D eigenvalue weighted by atomic mass is 10.1. The number of methoxy groups -OCH3 is 1. The number of aliphatic hydroxyl groups excluding tert-OH is 1. The number of hydrogen-bond acceptors (Lipinski definition) is 5. The molecule has 1 aliphatic rings. The van der Waals surface area contributed by atoms with Crippen LogP contribution < -0.4 is 4.74 Å². The molecule has 0 radical (unpaired) electrons. The zero-order chi connectivity index (χ0) is 18.7. The van der Waals surface area contributed by atoms with Crippen LogP contribution in [0.4, 0.5) is 0 Å². The normalized spacial score (nSPS) is 14.4. The highest BCUT2D eigenvalue weighted by molar-refractivity contribution is 5.81. The first-order chi connectivity index (χ1) is 12.5. The third-order valence-corrected chi connectivity index (χ3v) is 4.52. The molecule has 1 N–H and O–H groups in total. The molecule has 0 saturated carbocycles. The maximum atomic E-state index is 12.4. The van der Waals surface area contributed by atoms with Crippen LogP contribution in [-0.2, 0) is 24.3 Å². The number of rotatable bonds is 6. The Balaban J connectivity index is 1.66. The second kappa shape index (κ2) is 7.83. The summed E-state index contributed by atoms with van der Waals surface area (Å²) in [5.74, 6) is 1.59. The SMILES string of the molecule is COc1ccc(Cc2ncc3c(n2)CN(C(=O)C(O)CC(C)C)C3)cc1. The maximum Gasteiger partial charge on any atom is 0.252 e. The average molecular weight is 355 g/mol. The van der Waals surface area contributed by atoms with E-state index in [9.17, 15) is 9.90 Å². The fourth-order valence-corrected chi connectivity index (χ4v) is 3.12. The maximum absolute atomic E-state index is 12.4. The molecule has 0 saturated heterocycles. The van der Waals surface area contributed by atoms with Gasteiger partial charge < -0.3 is 14.7 Å². The zero-order valence-corrected chi connectivity index (χ0v) is 15.5. The summed E-state index contributed by atoms with van der Waals surface area (Å²) in [4.78, 5) is 23.1. The molecule has 0 bridgehead atoms. The van der Waals surface area contributed by atoms with Crippen molar-refractivity contribution in [3.05, 3.63) is 53.1 Å². The van der Waals surface area contributed by atoms with Crippen molar-refractivity contribution in [2.24, 2.45) is 5.92 Å². The minimum atomic E-state index is -0.948. The first-order valence-corrected chi connectivity index (χ1v) is 8.89. The molecule has 1 atom stereocenters. The van der Waals surface area contributed by atoms with E-state index < -0.39 is 6.10 Å². The fraction of sp³-hybridized carbons (Fsp3) is 0.450. The van der Waals surface area contributed by atoms with E-state index in [1.54, 1.807) is 18.2 Å². The first-order valence-electron chi connectivity index (χ1n) is 8.89. The van der Waals surface area contributed by atoms with Gasteiger partial charge in [-0.1, -0.05) is 26.0 Å². The van der Waals surface area contributed by atoms with Crippen LogP contribution in [0, 0.1) is 5.92 Å². The molecule has 2 aromatic rings. The number of carbonyl (C=O) groups excluding carboxylic acids is 1. The number of hydrogen-bond donors (Lipinski definition) is 1. The number of carbonyl (C=O) groups is 1. The molecule has 0 spiro atoms. The second-order valence-electron chi connectivity index (χ2n) is 7.12. The minimum absolute atomic E-state index is 0.228. The number of aromatic nitrogens is 2. The van der Waals surface area contributed by atoms with Gasteiger partial charge >= 0.3 is 0 Å². The Morgan fingerprint density at radius 1 is 1.27 bits per heavy atom. The van der Waals surface area contributed by atoms with Gasteiger partial charge in [0.25, 0.3) is 5.91 Å². The summed E-state index contributed by atoms with van der Waals surface area (Å²) in [6.07, 6.45) is 1.95. The lowest BCUT2D eigenvalue weighted by Gasteiger charge is -2.20. The predicted molar refractivity (Wildman–Crippen MR) is 97.5 cm³/mol. The van der Waals surface area contributed by atoms with Crippen molar-refractivity contribution in [2.45, 2.75) is 45.9 Å². The molecule has 138 valence electrons. The third-order valence-electron chi connectivity index (χ3n) is 4.52. The summed E-state index contributed by atoms with van der Waals surface area (Å²) in [5, 5.41) is 10.1. The molecular weight excluding hydrogens is 330 g/mol. The molecule has 1 aromatic carbocycles. The largest absolute Gasteiger partial charge is 0.497 e. The van der Waals surface area contributed by atoms with Crippen molar-refractivity contribution in [3.8, 4) is 5.75 Å². The Labute approximate surface area is 153 Å². The van der Waals surface area contributed by atoms with Crippen LogP contribution in [0.15, 0.2) is 30.5 Å². The summed E-state index contributed by atoms with van der Waals surface area (Å²) in [7, 11) is 1.64. The summed E-state index contributed by atoms with van der Waals surface area (Å²) >= 11 is 0. The van der Waals surface area contributed by atoms with Crippen molar-refractivity contribution >= 4 is 5.91 Å². The molecule has 2 heterocycles. The van der Waals surface area contributed by atoms with Crippen molar-refractivity contribution < 1.29 is 14.6 Å². The highest BCUT2D eigenvalue weighted by Crippen LogP contribution is 2.23. The molecule has 0 fully saturated rings. The molecule has 26 heavy (non-hydrogen) atoms. The Hall–Kier alpha value is -2.47. The Kier molecular flexibility index (Phi) is 5.52. The van der Waals surface area contributed by atoms with E-state index in [-0.39, 0.29) is 11.8 Å². The molecule has 1 aromatic heterocycles. The lowest BCUT2D eigenvalue weighted by Crippen LogP contribution is -2.36. The molecule has 1 amide bonds. The first kappa shape index (κ1) is 18.3. The van der Waals surface area contributed by atoms with Gasteiger partial charge in [-0.15, -0.1) is 0 Å². The molecule has 3 rings (SSSR count). The molecule has 1 unspecified atom stereocenters. The van der Waals surface area contributed by atoms with Crippen LogP contribution >= 0.6 is 0 Å². The van der Waals surface area contributed by atoms with Crippen LogP contribution in [0.3, 0.4) is 0 Å². The van der Waals surface area contributed by atoms with E-state index in [2.05, 4.69) is 9.97 Å². The monoisotopic (exact) mass is 355 g/mol. The highest BCUT2D eigenvalue weighted by atomic mass is 16.5. The van der Waals surface area contributed by atoms with E-state index >= 15 is 0 Å². The highest BCUT2D eigenvalue weighted by Gasteiger charge is 2.29. The van der Waals surface area contributed by atoms with E-state index in [1.165, 1.54) is 0 Å². The van der Waals surface area contributed by atoms with Crippen LogP contribution in [0.1, 0.15) is 42.9 Å². The lowest BCUT2D eigenvalue weighted by molar-refractivity contribution is -0.141. The van der Waals surface area contributed by atoms with Gasteiger partial charge in [0, 0.05) is 24.7 Å². The minimum Gasteiger partial charge on any atom is -0.497 e. The third kappa shape index (κ3) is 4.19. The van der Waals surface area contributed by atoms with E-state index in [0.717, 1.165) is 28.4 Å². The van der Waals surface area contributed by atoms with Crippen molar-refractivity contribution in [3.63, 3.8) is 0 Å². The van der Waals surface area contributed by atoms with E-state index in [0.29, 0.717) is 25.9 Å². The van der Waals surface area contributed by atoms with Crippen LogP contribution in [-0.4, -0.2) is 39.1 Å². The zero-order valence-electron chi connectivity index (χ0n) is 15.5. The summed E-state index contributed by atoms with van der Waals surface area (Å²) in [6, 6.07) is 7.82. The van der Waals surface area contributed by atoms with Gasteiger partial charge in [-0.05, 0) is 30.0 Å². The number of benzene rings is 1. The standard InChI is InChI=1S/C20H25N3O3/c1-13(2)8-18(24)20(25)23-11-15-10-21-19(22-17(15)12-23)9-14-4-6-16(26-3)7-5-14/h4-7,10,13,18,24H,8-9,11-12H2,1-3H3. The van der Waals surface area contributed by atoms with Gasteiger partial charge in [0.2, 0.25) is 0 Å². The van der Waals surface area contributed by atoms with Gasteiger partial charge in [0.05, 0.1) is 19.3 Å². The van der Waals surface area contributed by atoms with Gasteiger partial charge in [0.1, 0.15) is 17.7 Å². The van der Waals surface area contributed by atoms with Crippen LogP contribution in [0.5, 0.6) is 5.75 Å². The topological polar surface area (TPSA) is 75.6 Å². The Morgan fingerprint density at radius 2 is 2.00 bits per heavy atom. The van der Waals surface area contributed by atoms with E-state index in [1.807, 2.05) is 38.1 Å². The van der Waals surface area contributed by atoms with Crippen LogP contribution in [0.2, 0.25) is 0 Å². The smallest absolute Gasteiger partial charge is 0.252 e. The van der Waals surface area contributed by atoms with Gasteiger partial charge in [0.15, 0.2) is 0 Å². The second-order valence-corrected chi connectivity index (χ2v) is 7.12. The van der Waals surface area contributed by atoms with Gasteiger partial charge in [-0.25, -0.2) is 9.97 Å². The van der Waals surface area contributed by atoms with Gasteiger partial charge in [-0.2, -0.15) is 0 Å². The summed E-state index contributed by atoms with van der Waals surface area (Å²) in [6.45, 7) is 4.88. The summed E-state index contributed by atoms with van der Waals surface area (Å²) < 4.78 is 5.17. The Morgan fingerprint density at radius 3 is 2.65 bits per heavy atom. The molecule has 0 aliphatic carbocycles. The van der Waals surface area contributed by atoms with Gasteiger partial charge in [-0.3, -0.25) is 4.79 Å². The quantitative estimate of drug-likeness (QED) is 0.861. The number of ether oxygens (including phenoxy) is 1. The van der Waals surface area contributed by atoms with Crippen LogP contribution in [0.25, 0.3) is 0 Å². The van der Waals surface area contributed by atoms with Crippen molar-refractivity contribution in [2.75, 3.05) is 7.11 Å². The number of amides is 1. The molecule has 1 aliphatic heterocycles. The molecular formula is C20H25N3O3. The Bertz CT molecular complexity index is 774. The number of aliphatic hydroxyl groups is 1. The average Bonchev–Trinajstić information content (AvgIpc) is 3.04. The number of nitrogens with zero attached hydrogens (tertiary/aromatic N) is 3. The fourth-order valence-electron chi connectivity index (χ4n) is 3.12. The predicted octanol–water partition coefficient (Wildman–Crippen LogP) is 2.33. The van der Waals surface area contributed by atoms with Crippen molar-refractivity contribution in [1.82, 2.24) is 14.9 Å². The number of fused-ring (bicyclic) bond motifs is 1. The molecule has 6 nitrogen and oxygen atoms in total. The van der Waals surface area contributed by atoms with E-state index in [4.69, 9.17) is 4.74 Å².